The van der Waals surface area contributed by atoms with Crippen LogP contribution >= 0.6 is 23.2 Å². The highest BCUT2D eigenvalue weighted by Crippen LogP contribution is 2.23. The van der Waals surface area contributed by atoms with Gasteiger partial charge in [0.15, 0.2) is 0 Å². The number of carbonyl (C=O) groups is 1. The van der Waals surface area contributed by atoms with E-state index in [2.05, 4.69) is 10.0 Å². The number of benzene rings is 3. The van der Waals surface area contributed by atoms with E-state index in [4.69, 9.17) is 23.2 Å². The summed E-state index contributed by atoms with van der Waals surface area (Å²) >= 11 is 11.6. The Morgan fingerprint density at radius 2 is 1.33 bits per heavy atom. The molecule has 2 N–H and O–H groups in total. The van der Waals surface area contributed by atoms with Crippen LogP contribution in [0.5, 0.6) is 0 Å². The molecule has 27 heavy (non-hydrogen) atoms. The van der Waals surface area contributed by atoms with Crippen molar-refractivity contribution in [1.29, 1.82) is 0 Å². The number of carbonyl (C=O) groups excluding carboxylic acids is 1. The molecule has 3 rings (SSSR count). The Bertz CT molecular complexity index is 1070. The molecule has 0 atom stereocenters. The maximum Gasteiger partial charge on any atom is 0.261 e. The quantitative estimate of drug-likeness (QED) is 0.606. The van der Waals surface area contributed by atoms with Gasteiger partial charge in [0.2, 0.25) is 0 Å². The molecule has 138 valence electrons. The molecule has 0 aromatic heterocycles. The third-order valence-corrected chi connectivity index (χ3v) is 5.53. The van der Waals surface area contributed by atoms with E-state index in [1.807, 2.05) is 0 Å². The molecule has 0 spiro atoms. The molecule has 3 aromatic carbocycles. The number of sulfonamides is 1. The Hall–Kier alpha value is -2.54. The molecule has 0 radical (unpaired) electrons. The van der Waals surface area contributed by atoms with Gasteiger partial charge in [-0.25, -0.2) is 8.42 Å². The molecule has 0 unspecified atom stereocenters. The van der Waals surface area contributed by atoms with Crippen LogP contribution in [0.2, 0.25) is 10.0 Å². The van der Waals surface area contributed by atoms with Crippen LogP contribution in [0.15, 0.2) is 77.7 Å². The van der Waals surface area contributed by atoms with Gasteiger partial charge in [0.1, 0.15) is 0 Å². The lowest BCUT2D eigenvalue weighted by atomic mass is 10.1. The molecule has 1 amide bonds. The van der Waals surface area contributed by atoms with E-state index in [1.165, 1.54) is 36.4 Å². The first-order chi connectivity index (χ1) is 12.8. The van der Waals surface area contributed by atoms with E-state index in [0.717, 1.165) is 0 Å². The van der Waals surface area contributed by atoms with Crippen molar-refractivity contribution in [2.24, 2.45) is 0 Å². The lowest BCUT2D eigenvalue weighted by Gasteiger charge is -2.13. The molecule has 5 nitrogen and oxygen atoms in total. The summed E-state index contributed by atoms with van der Waals surface area (Å²) in [5.74, 6) is -0.452. The standard InChI is InChI=1S/C19H14Cl2N2O3S/c20-13-5-9-15(10-6-13)22-19(24)17-3-1-2-4-18(17)23-27(25,26)16-11-7-14(21)8-12-16/h1-12,23H,(H,22,24). The minimum atomic E-state index is -3.87. The number of nitrogens with one attached hydrogen (secondary N) is 2. The number of halogens is 2. The van der Waals surface area contributed by atoms with Crippen LogP contribution in [-0.4, -0.2) is 14.3 Å². The smallest absolute Gasteiger partial charge is 0.261 e. The van der Waals surface area contributed by atoms with Crippen LogP contribution in [0.1, 0.15) is 10.4 Å². The van der Waals surface area contributed by atoms with E-state index in [9.17, 15) is 13.2 Å². The first-order valence-electron chi connectivity index (χ1n) is 7.79. The summed E-state index contributed by atoms with van der Waals surface area (Å²) in [6.07, 6.45) is 0. The molecule has 0 fully saturated rings. The van der Waals surface area contributed by atoms with Gasteiger partial charge in [-0.3, -0.25) is 9.52 Å². The van der Waals surface area contributed by atoms with Gasteiger partial charge in [0.25, 0.3) is 15.9 Å². The lowest BCUT2D eigenvalue weighted by molar-refractivity contribution is 0.102. The topological polar surface area (TPSA) is 75.3 Å². The first kappa shape index (κ1) is 19.2. The summed E-state index contributed by atoms with van der Waals surface area (Å²) in [4.78, 5) is 12.6. The highest BCUT2D eigenvalue weighted by molar-refractivity contribution is 7.92. The third-order valence-electron chi connectivity index (χ3n) is 3.64. The molecule has 0 aliphatic rings. The van der Waals surface area contributed by atoms with Crippen LogP contribution in [0.4, 0.5) is 11.4 Å². The van der Waals surface area contributed by atoms with Crippen molar-refractivity contribution in [2.45, 2.75) is 4.90 Å². The average molecular weight is 421 g/mol. The van der Waals surface area contributed by atoms with Gasteiger partial charge < -0.3 is 5.32 Å². The summed E-state index contributed by atoms with van der Waals surface area (Å²) < 4.78 is 27.6. The van der Waals surface area contributed by atoms with Gasteiger partial charge in [-0.05, 0) is 60.7 Å². The van der Waals surface area contributed by atoms with E-state index in [0.29, 0.717) is 15.7 Å². The summed E-state index contributed by atoms with van der Waals surface area (Å²) in [5, 5.41) is 3.68. The fourth-order valence-electron chi connectivity index (χ4n) is 2.32. The Morgan fingerprint density at radius 1 is 0.778 bits per heavy atom. The molecule has 0 saturated carbocycles. The second kappa shape index (κ2) is 8.00. The van der Waals surface area contributed by atoms with Gasteiger partial charge in [-0.2, -0.15) is 0 Å². The zero-order valence-electron chi connectivity index (χ0n) is 13.8. The van der Waals surface area contributed by atoms with Crippen LogP contribution in [-0.2, 0) is 10.0 Å². The van der Waals surface area contributed by atoms with E-state index < -0.39 is 15.9 Å². The predicted octanol–water partition coefficient (Wildman–Crippen LogP) is 5.05. The molecule has 8 heteroatoms. The largest absolute Gasteiger partial charge is 0.322 e. The van der Waals surface area contributed by atoms with Gasteiger partial charge in [-0.1, -0.05) is 35.3 Å². The maximum atomic E-state index is 12.6. The van der Waals surface area contributed by atoms with Crippen molar-refractivity contribution >= 4 is 50.5 Å². The predicted molar refractivity (Wildman–Crippen MR) is 108 cm³/mol. The number of amides is 1. The molecule has 0 bridgehead atoms. The van der Waals surface area contributed by atoms with Crippen molar-refractivity contribution in [3.8, 4) is 0 Å². The number of anilines is 2. The highest BCUT2D eigenvalue weighted by Gasteiger charge is 2.18. The summed E-state index contributed by atoms with van der Waals surface area (Å²) in [5.41, 5.74) is 0.892. The summed E-state index contributed by atoms with van der Waals surface area (Å²) in [6.45, 7) is 0. The molecular formula is C19H14Cl2N2O3S. The zero-order chi connectivity index (χ0) is 19.4. The van der Waals surface area contributed by atoms with Crippen molar-refractivity contribution in [1.82, 2.24) is 0 Å². The molecule has 0 aliphatic heterocycles. The normalized spacial score (nSPS) is 11.0. The monoisotopic (exact) mass is 420 g/mol. The van der Waals surface area contributed by atoms with Crippen LogP contribution in [0.25, 0.3) is 0 Å². The van der Waals surface area contributed by atoms with Crippen LogP contribution < -0.4 is 10.0 Å². The van der Waals surface area contributed by atoms with Gasteiger partial charge in [-0.15, -0.1) is 0 Å². The lowest BCUT2D eigenvalue weighted by Crippen LogP contribution is -2.18. The zero-order valence-corrected chi connectivity index (χ0v) is 16.1. The molecular weight excluding hydrogens is 407 g/mol. The first-order valence-corrected chi connectivity index (χ1v) is 10.0. The second-order valence-corrected chi connectivity index (χ2v) is 8.12. The van der Waals surface area contributed by atoms with Crippen molar-refractivity contribution in [2.75, 3.05) is 10.0 Å². The van der Waals surface area contributed by atoms with Crippen molar-refractivity contribution in [3.63, 3.8) is 0 Å². The fraction of sp³-hybridized carbons (Fsp3) is 0. The van der Waals surface area contributed by atoms with Gasteiger partial charge >= 0.3 is 0 Å². The minimum Gasteiger partial charge on any atom is -0.322 e. The average Bonchev–Trinajstić information content (AvgIpc) is 2.64. The third kappa shape index (κ3) is 4.80. The van der Waals surface area contributed by atoms with Crippen molar-refractivity contribution in [3.05, 3.63) is 88.4 Å². The Labute approximate surface area is 167 Å². The fourth-order valence-corrected chi connectivity index (χ4v) is 3.65. The second-order valence-electron chi connectivity index (χ2n) is 5.57. The number of rotatable bonds is 5. The maximum absolute atomic E-state index is 12.6. The highest BCUT2D eigenvalue weighted by atomic mass is 35.5. The van der Waals surface area contributed by atoms with E-state index in [1.54, 1.807) is 36.4 Å². The Balaban J connectivity index is 1.86. The Kier molecular flexibility index (Phi) is 5.70. The van der Waals surface area contributed by atoms with E-state index >= 15 is 0 Å². The SMILES string of the molecule is O=C(Nc1ccc(Cl)cc1)c1ccccc1NS(=O)(=O)c1ccc(Cl)cc1. The molecule has 0 heterocycles. The van der Waals surface area contributed by atoms with Gasteiger partial charge in [0, 0.05) is 15.7 Å². The van der Waals surface area contributed by atoms with Crippen LogP contribution in [0, 0.1) is 0 Å². The number of para-hydroxylation sites is 1. The summed E-state index contributed by atoms with van der Waals surface area (Å²) in [6, 6.07) is 18.7. The summed E-state index contributed by atoms with van der Waals surface area (Å²) in [7, 11) is -3.87. The van der Waals surface area contributed by atoms with Gasteiger partial charge in [0.05, 0.1) is 16.1 Å². The Morgan fingerprint density at radius 3 is 1.96 bits per heavy atom. The number of hydrogen-bond donors (Lipinski definition) is 2. The van der Waals surface area contributed by atoms with Crippen molar-refractivity contribution < 1.29 is 13.2 Å². The molecule has 3 aromatic rings. The van der Waals surface area contributed by atoms with E-state index in [-0.39, 0.29) is 16.1 Å². The number of hydrogen-bond acceptors (Lipinski definition) is 3. The molecule has 0 aliphatic carbocycles. The minimum absolute atomic E-state index is 0.0415. The van der Waals surface area contributed by atoms with Crippen LogP contribution in [0.3, 0.4) is 0 Å². The molecule has 0 saturated heterocycles.